The fourth-order valence-electron chi connectivity index (χ4n) is 2.24. The SMILES string of the molecule is CCNC1COCC1CNCc1sccc1C. The van der Waals surface area contributed by atoms with Crippen LogP contribution in [-0.2, 0) is 11.3 Å². The first kappa shape index (κ1) is 13.0. The highest BCUT2D eigenvalue weighted by molar-refractivity contribution is 7.10. The topological polar surface area (TPSA) is 33.3 Å². The van der Waals surface area contributed by atoms with Crippen molar-refractivity contribution in [2.45, 2.75) is 26.4 Å². The molecule has 2 unspecified atom stereocenters. The van der Waals surface area contributed by atoms with E-state index in [2.05, 4.69) is 35.9 Å². The summed E-state index contributed by atoms with van der Waals surface area (Å²) in [5.41, 5.74) is 1.40. The molecule has 2 rings (SSSR count). The van der Waals surface area contributed by atoms with Crippen molar-refractivity contribution in [1.29, 1.82) is 0 Å². The van der Waals surface area contributed by atoms with Crippen LogP contribution in [0, 0.1) is 12.8 Å². The lowest BCUT2D eigenvalue weighted by atomic mass is 10.0. The van der Waals surface area contributed by atoms with E-state index >= 15 is 0 Å². The summed E-state index contributed by atoms with van der Waals surface area (Å²) in [5, 5.41) is 9.20. The van der Waals surface area contributed by atoms with Crippen molar-refractivity contribution < 1.29 is 4.74 Å². The number of thiophene rings is 1. The standard InChI is InChI=1S/C13H22N2OS/c1-3-15-12-9-16-8-11(12)6-14-7-13-10(2)4-5-17-13/h4-5,11-12,14-15H,3,6-9H2,1-2H3. The third-order valence-electron chi connectivity index (χ3n) is 3.32. The van der Waals surface area contributed by atoms with Gasteiger partial charge in [-0.05, 0) is 30.5 Å². The third kappa shape index (κ3) is 3.52. The average molecular weight is 254 g/mol. The Hall–Kier alpha value is -0.420. The summed E-state index contributed by atoms with van der Waals surface area (Å²) < 4.78 is 5.53. The first-order valence-electron chi connectivity index (χ1n) is 6.36. The summed E-state index contributed by atoms with van der Waals surface area (Å²) in [7, 11) is 0. The zero-order valence-electron chi connectivity index (χ0n) is 10.7. The summed E-state index contributed by atoms with van der Waals surface area (Å²) in [6.07, 6.45) is 0. The van der Waals surface area contributed by atoms with Gasteiger partial charge < -0.3 is 15.4 Å². The molecular weight excluding hydrogens is 232 g/mol. The molecule has 2 N–H and O–H groups in total. The molecule has 1 aromatic heterocycles. The van der Waals surface area contributed by atoms with E-state index < -0.39 is 0 Å². The van der Waals surface area contributed by atoms with E-state index in [-0.39, 0.29) is 0 Å². The molecule has 0 aromatic carbocycles. The number of aryl methyl sites for hydroxylation is 1. The molecule has 1 saturated heterocycles. The van der Waals surface area contributed by atoms with Crippen LogP contribution in [-0.4, -0.2) is 32.3 Å². The van der Waals surface area contributed by atoms with Gasteiger partial charge in [-0.1, -0.05) is 6.92 Å². The fourth-order valence-corrected chi connectivity index (χ4v) is 3.12. The molecule has 2 atom stereocenters. The Morgan fingerprint density at radius 2 is 2.35 bits per heavy atom. The van der Waals surface area contributed by atoms with E-state index in [0.717, 1.165) is 32.8 Å². The zero-order chi connectivity index (χ0) is 12.1. The Labute approximate surface area is 108 Å². The van der Waals surface area contributed by atoms with E-state index in [1.54, 1.807) is 0 Å². The minimum absolute atomic E-state index is 0.525. The molecular formula is C13H22N2OS. The summed E-state index contributed by atoms with van der Waals surface area (Å²) in [6, 6.07) is 2.71. The molecule has 1 fully saturated rings. The molecule has 0 aliphatic carbocycles. The van der Waals surface area contributed by atoms with Crippen LogP contribution in [0.15, 0.2) is 11.4 Å². The van der Waals surface area contributed by atoms with E-state index in [1.807, 2.05) is 11.3 Å². The molecule has 4 heteroatoms. The maximum atomic E-state index is 5.53. The molecule has 1 aliphatic rings. The van der Waals surface area contributed by atoms with Crippen LogP contribution in [0.25, 0.3) is 0 Å². The normalized spacial score (nSPS) is 24.4. The Bertz CT molecular complexity index is 340. The van der Waals surface area contributed by atoms with E-state index in [1.165, 1.54) is 10.4 Å². The highest BCUT2D eigenvalue weighted by Crippen LogP contribution is 2.16. The van der Waals surface area contributed by atoms with Gasteiger partial charge in [-0.15, -0.1) is 11.3 Å². The first-order valence-corrected chi connectivity index (χ1v) is 7.24. The van der Waals surface area contributed by atoms with Crippen LogP contribution >= 0.6 is 11.3 Å². The van der Waals surface area contributed by atoms with Crippen LogP contribution in [0.1, 0.15) is 17.4 Å². The van der Waals surface area contributed by atoms with Gasteiger partial charge in [-0.3, -0.25) is 0 Å². The van der Waals surface area contributed by atoms with Crippen molar-refractivity contribution in [2.24, 2.45) is 5.92 Å². The lowest BCUT2D eigenvalue weighted by Gasteiger charge is -2.18. The molecule has 0 spiro atoms. The van der Waals surface area contributed by atoms with Gasteiger partial charge in [0.2, 0.25) is 0 Å². The molecule has 0 amide bonds. The van der Waals surface area contributed by atoms with Crippen LogP contribution in [0.2, 0.25) is 0 Å². The van der Waals surface area contributed by atoms with Crippen molar-refractivity contribution in [2.75, 3.05) is 26.3 Å². The molecule has 1 aromatic rings. The maximum absolute atomic E-state index is 5.53. The van der Waals surface area contributed by atoms with Gasteiger partial charge in [-0.2, -0.15) is 0 Å². The summed E-state index contributed by atoms with van der Waals surface area (Å²) in [5.74, 6) is 0.607. The largest absolute Gasteiger partial charge is 0.379 e. The molecule has 0 bridgehead atoms. The van der Waals surface area contributed by atoms with Crippen molar-refractivity contribution in [1.82, 2.24) is 10.6 Å². The molecule has 96 valence electrons. The molecule has 0 saturated carbocycles. The van der Waals surface area contributed by atoms with Crippen molar-refractivity contribution in [3.8, 4) is 0 Å². The quantitative estimate of drug-likeness (QED) is 0.812. The number of hydrogen-bond acceptors (Lipinski definition) is 4. The Morgan fingerprint density at radius 3 is 3.06 bits per heavy atom. The predicted octanol–water partition coefficient (Wildman–Crippen LogP) is 1.77. The average Bonchev–Trinajstić information content (AvgIpc) is 2.90. The molecule has 2 heterocycles. The van der Waals surface area contributed by atoms with Gasteiger partial charge in [0.25, 0.3) is 0 Å². The van der Waals surface area contributed by atoms with Gasteiger partial charge in [0, 0.05) is 29.9 Å². The molecule has 3 nitrogen and oxygen atoms in total. The van der Waals surface area contributed by atoms with Crippen molar-refractivity contribution >= 4 is 11.3 Å². The maximum Gasteiger partial charge on any atom is 0.0623 e. The Morgan fingerprint density at radius 1 is 1.47 bits per heavy atom. The number of nitrogens with one attached hydrogen (secondary N) is 2. The van der Waals surface area contributed by atoms with Crippen LogP contribution in [0.4, 0.5) is 0 Å². The van der Waals surface area contributed by atoms with E-state index in [0.29, 0.717) is 12.0 Å². The van der Waals surface area contributed by atoms with Crippen LogP contribution in [0.5, 0.6) is 0 Å². The van der Waals surface area contributed by atoms with Crippen LogP contribution in [0.3, 0.4) is 0 Å². The van der Waals surface area contributed by atoms with Gasteiger partial charge in [0.1, 0.15) is 0 Å². The fraction of sp³-hybridized carbons (Fsp3) is 0.692. The first-order chi connectivity index (χ1) is 8.31. The second-order valence-electron chi connectivity index (χ2n) is 4.62. The number of rotatable bonds is 6. The lowest BCUT2D eigenvalue weighted by Crippen LogP contribution is -2.40. The van der Waals surface area contributed by atoms with E-state index in [9.17, 15) is 0 Å². The number of hydrogen-bond donors (Lipinski definition) is 2. The molecule has 0 radical (unpaired) electrons. The van der Waals surface area contributed by atoms with Gasteiger partial charge >= 0.3 is 0 Å². The number of likely N-dealkylation sites (N-methyl/N-ethyl adjacent to an activating group) is 1. The smallest absolute Gasteiger partial charge is 0.0623 e. The van der Waals surface area contributed by atoms with Gasteiger partial charge in [-0.25, -0.2) is 0 Å². The lowest BCUT2D eigenvalue weighted by molar-refractivity contribution is 0.182. The van der Waals surface area contributed by atoms with Crippen molar-refractivity contribution in [3.05, 3.63) is 21.9 Å². The Kier molecular flexibility index (Phi) is 4.98. The summed E-state index contributed by atoms with van der Waals surface area (Å²) in [6.45, 7) is 9.11. The summed E-state index contributed by atoms with van der Waals surface area (Å²) >= 11 is 1.83. The van der Waals surface area contributed by atoms with Gasteiger partial charge in [0.15, 0.2) is 0 Å². The highest BCUT2D eigenvalue weighted by Gasteiger charge is 2.26. The second-order valence-corrected chi connectivity index (χ2v) is 5.62. The summed E-state index contributed by atoms with van der Waals surface area (Å²) in [4.78, 5) is 1.45. The van der Waals surface area contributed by atoms with E-state index in [4.69, 9.17) is 4.74 Å². The molecule has 17 heavy (non-hydrogen) atoms. The molecule has 1 aliphatic heterocycles. The minimum atomic E-state index is 0.525. The zero-order valence-corrected chi connectivity index (χ0v) is 11.5. The van der Waals surface area contributed by atoms with Gasteiger partial charge in [0.05, 0.1) is 13.2 Å². The predicted molar refractivity (Wildman–Crippen MR) is 72.5 cm³/mol. The highest BCUT2D eigenvalue weighted by atomic mass is 32.1. The van der Waals surface area contributed by atoms with Crippen LogP contribution < -0.4 is 10.6 Å². The number of ether oxygens (including phenoxy) is 1. The second kappa shape index (κ2) is 6.50. The van der Waals surface area contributed by atoms with Crippen molar-refractivity contribution in [3.63, 3.8) is 0 Å². The Balaban J connectivity index is 1.73. The monoisotopic (exact) mass is 254 g/mol. The minimum Gasteiger partial charge on any atom is -0.379 e. The third-order valence-corrected chi connectivity index (χ3v) is 4.35.